The van der Waals surface area contributed by atoms with Crippen molar-refractivity contribution in [3.8, 4) is 0 Å². The number of hydrogen-bond acceptors (Lipinski definition) is 1. The molecule has 16 heavy (non-hydrogen) atoms. The quantitative estimate of drug-likeness (QED) is 0.563. The van der Waals surface area contributed by atoms with Crippen LogP contribution in [0, 0.1) is 5.92 Å². The molecule has 0 aromatic rings. The Hall–Kier alpha value is -0.530. The number of carbonyl (C=O) groups excluding carboxylic acids is 1. The molecule has 0 bridgehead atoms. The summed E-state index contributed by atoms with van der Waals surface area (Å²) in [5.74, 6) is 1.07. The third kappa shape index (κ3) is 10.0. The van der Waals surface area contributed by atoms with Crippen molar-refractivity contribution in [1.29, 1.82) is 0 Å². The monoisotopic (exact) mass is 227 g/mol. The number of hydrogen-bond donors (Lipinski definition) is 1. The summed E-state index contributed by atoms with van der Waals surface area (Å²) in [5, 5.41) is 2.91. The maximum Gasteiger partial charge on any atom is 0.219 e. The van der Waals surface area contributed by atoms with Crippen molar-refractivity contribution in [3.05, 3.63) is 0 Å². The van der Waals surface area contributed by atoms with E-state index >= 15 is 0 Å². The highest BCUT2D eigenvalue weighted by molar-refractivity contribution is 5.75. The second-order valence-electron chi connectivity index (χ2n) is 4.77. The molecule has 0 saturated heterocycles. The second kappa shape index (κ2) is 11.0. The molecule has 0 aromatic carbocycles. The summed E-state index contributed by atoms with van der Waals surface area (Å²) < 4.78 is 0. The molecule has 2 nitrogen and oxygen atoms in total. The van der Waals surface area contributed by atoms with Gasteiger partial charge in [-0.2, -0.15) is 0 Å². The van der Waals surface area contributed by atoms with Crippen LogP contribution in [-0.4, -0.2) is 12.5 Å². The molecule has 0 aliphatic heterocycles. The highest BCUT2D eigenvalue weighted by Crippen LogP contribution is 2.13. The van der Waals surface area contributed by atoms with Gasteiger partial charge in [-0.05, 0) is 12.3 Å². The van der Waals surface area contributed by atoms with Gasteiger partial charge in [-0.1, -0.05) is 59.3 Å². The molecule has 2 heteroatoms. The summed E-state index contributed by atoms with van der Waals surface area (Å²) in [6.07, 6.45) is 9.72. The van der Waals surface area contributed by atoms with E-state index in [2.05, 4.69) is 19.2 Å². The van der Waals surface area contributed by atoms with E-state index in [1.54, 1.807) is 0 Å². The van der Waals surface area contributed by atoms with Crippen molar-refractivity contribution in [2.24, 2.45) is 5.92 Å². The predicted molar refractivity (Wildman–Crippen MR) is 70.5 cm³/mol. The molecular weight excluding hydrogens is 198 g/mol. The molecule has 1 N–H and O–H groups in total. The van der Waals surface area contributed by atoms with Crippen LogP contribution in [0.4, 0.5) is 0 Å². The van der Waals surface area contributed by atoms with Crippen molar-refractivity contribution < 1.29 is 4.79 Å². The SMILES string of the molecule is CCC(=O)NCCCCCCCC(C)CC. The van der Waals surface area contributed by atoms with Gasteiger partial charge in [0.25, 0.3) is 0 Å². The van der Waals surface area contributed by atoms with Crippen molar-refractivity contribution in [3.63, 3.8) is 0 Å². The first-order valence-electron chi connectivity index (χ1n) is 6.97. The molecule has 1 atom stereocenters. The average Bonchev–Trinajstić information content (AvgIpc) is 2.31. The highest BCUT2D eigenvalue weighted by Gasteiger charge is 1.98. The highest BCUT2D eigenvalue weighted by atomic mass is 16.1. The van der Waals surface area contributed by atoms with E-state index in [0.29, 0.717) is 6.42 Å². The number of nitrogens with one attached hydrogen (secondary N) is 1. The average molecular weight is 227 g/mol. The van der Waals surface area contributed by atoms with Gasteiger partial charge in [0.15, 0.2) is 0 Å². The van der Waals surface area contributed by atoms with Crippen molar-refractivity contribution in [2.75, 3.05) is 6.54 Å². The van der Waals surface area contributed by atoms with Crippen LogP contribution in [0.1, 0.15) is 72.1 Å². The molecule has 0 saturated carbocycles. The molecule has 1 amide bonds. The topological polar surface area (TPSA) is 29.1 Å². The molecule has 0 aliphatic carbocycles. The summed E-state index contributed by atoms with van der Waals surface area (Å²) in [6.45, 7) is 7.35. The van der Waals surface area contributed by atoms with Gasteiger partial charge in [0, 0.05) is 13.0 Å². The molecule has 0 fully saturated rings. The third-order valence-corrected chi connectivity index (χ3v) is 3.21. The van der Waals surface area contributed by atoms with Gasteiger partial charge < -0.3 is 5.32 Å². The molecule has 0 aromatic heterocycles. The minimum atomic E-state index is 0.178. The Kier molecular flexibility index (Phi) is 10.6. The third-order valence-electron chi connectivity index (χ3n) is 3.21. The molecule has 0 aliphatic rings. The smallest absolute Gasteiger partial charge is 0.219 e. The van der Waals surface area contributed by atoms with Gasteiger partial charge in [0.2, 0.25) is 5.91 Å². The van der Waals surface area contributed by atoms with Gasteiger partial charge in [-0.25, -0.2) is 0 Å². The molecule has 96 valence electrons. The van der Waals surface area contributed by atoms with Crippen molar-refractivity contribution in [1.82, 2.24) is 5.32 Å². The van der Waals surface area contributed by atoms with Crippen LogP contribution >= 0.6 is 0 Å². The van der Waals surface area contributed by atoms with Gasteiger partial charge in [0.1, 0.15) is 0 Å². The maximum atomic E-state index is 10.9. The standard InChI is InChI=1S/C14H29NO/c1-4-13(3)11-9-7-6-8-10-12-15-14(16)5-2/h13H,4-12H2,1-3H3,(H,15,16). The maximum absolute atomic E-state index is 10.9. The van der Waals surface area contributed by atoms with Crippen molar-refractivity contribution in [2.45, 2.75) is 72.1 Å². The summed E-state index contributed by atoms with van der Waals surface area (Å²) in [6, 6.07) is 0. The van der Waals surface area contributed by atoms with E-state index in [1.807, 2.05) is 6.92 Å². The normalized spacial score (nSPS) is 12.4. The van der Waals surface area contributed by atoms with Crippen LogP contribution in [0.25, 0.3) is 0 Å². The first kappa shape index (κ1) is 15.5. The van der Waals surface area contributed by atoms with E-state index < -0.39 is 0 Å². The molecular formula is C14H29NO. The zero-order valence-corrected chi connectivity index (χ0v) is 11.3. The van der Waals surface area contributed by atoms with Crippen LogP contribution < -0.4 is 5.32 Å². The zero-order chi connectivity index (χ0) is 12.2. The van der Waals surface area contributed by atoms with Crippen LogP contribution in [0.5, 0.6) is 0 Å². The predicted octanol–water partition coefficient (Wildman–Crippen LogP) is 3.90. The van der Waals surface area contributed by atoms with Gasteiger partial charge in [-0.3, -0.25) is 4.79 Å². The van der Waals surface area contributed by atoms with E-state index in [0.717, 1.165) is 18.9 Å². The lowest BCUT2D eigenvalue weighted by Gasteiger charge is -2.07. The van der Waals surface area contributed by atoms with E-state index in [9.17, 15) is 4.79 Å². The molecule has 1 unspecified atom stereocenters. The first-order valence-corrected chi connectivity index (χ1v) is 6.97. The zero-order valence-electron chi connectivity index (χ0n) is 11.3. The van der Waals surface area contributed by atoms with Crippen LogP contribution in [0.2, 0.25) is 0 Å². The molecule has 0 heterocycles. The fourth-order valence-electron chi connectivity index (χ4n) is 1.71. The Morgan fingerprint density at radius 3 is 2.31 bits per heavy atom. The number of unbranched alkanes of at least 4 members (excludes halogenated alkanes) is 4. The van der Waals surface area contributed by atoms with Gasteiger partial charge in [-0.15, -0.1) is 0 Å². The van der Waals surface area contributed by atoms with E-state index in [4.69, 9.17) is 0 Å². The number of carbonyl (C=O) groups is 1. The summed E-state index contributed by atoms with van der Waals surface area (Å²) in [4.78, 5) is 10.9. The summed E-state index contributed by atoms with van der Waals surface area (Å²) >= 11 is 0. The minimum Gasteiger partial charge on any atom is -0.356 e. The Morgan fingerprint density at radius 1 is 1.06 bits per heavy atom. The second-order valence-corrected chi connectivity index (χ2v) is 4.77. The van der Waals surface area contributed by atoms with Gasteiger partial charge in [0.05, 0.1) is 0 Å². The lowest BCUT2D eigenvalue weighted by atomic mass is 10.00. The Labute approximate surface area is 101 Å². The minimum absolute atomic E-state index is 0.178. The van der Waals surface area contributed by atoms with Crippen LogP contribution in [-0.2, 0) is 4.79 Å². The lowest BCUT2D eigenvalue weighted by molar-refractivity contribution is -0.120. The number of rotatable bonds is 10. The Balaban J connectivity index is 3.07. The first-order chi connectivity index (χ1) is 7.70. The molecule has 0 spiro atoms. The Morgan fingerprint density at radius 2 is 1.69 bits per heavy atom. The fraction of sp³-hybridized carbons (Fsp3) is 0.929. The van der Waals surface area contributed by atoms with E-state index in [-0.39, 0.29) is 5.91 Å². The largest absolute Gasteiger partial charge is 0.356 e. The van der Waals surface area contributed by atoms with E-state index in [1.165, 1.54) is 38.5 Å². The lowest BCUT2D eigenvalue weighted by Crippen LogP contribution is -2.23. The fourth-order valence-corrected chi connectivity index (χ4v) is 1.71. The summed E-state index contributed by atoms with van der Waals surface area (Å²) in [5.41, 5.74) is 0. The molecule has 0 radical (unpaired) electrons. The van der Waals surface area contributed by atoms with Gasteiger partial charge >= 0.3 is 0 Å². The van der Waals surface area contributed by atoms with Crippen LogP contribution in [0.15, 0.2) is 0 Å². The van der Waals surface area contributed by atoms with Crippen molar-refractivity contribution >= 4 is 5.91 Å². The van der Waals surface area contributed by atoms with Crippen LogP contribution in [0.3, 0.4) is 0 Å². The summed E-state index contributed by atoms with van der Waals surface area (Å²) in [7, 11) is 0. The Bertz CT molecular complexity index is 168. The number of amides is 1. The molecule has 0 rings (SSSR count).